The van der Waals surface area contributed by atoms with Crippen LogP contribution in [-0.4, -0.2) is 29.7 Å². The van der Waals surface area contributed by atoms with E-state index in [4.69, 9.17) is 16.3 Å². The number of hydrogen-bond acceptors (Lipinski definition) is 5. The number of esters is 1. The van der Waals surface area contributed by atoms with Crippen molar-refractivity contribution in [2.24, 2.45) is 5.92 Å². The summed E-state index contributed by atoms with van der Waals surface area (Å²) >= 11 is 7.87. The van der Waals surface area contributed by atoms with Crippen molar-refractivity contribution >= 4 is 46.1 Å². The van der Waals surface area contributed by atoms with Crippen molar-refractivity contribution in [2.45, 2.75) is 43.6 Å². The fourth-order valence-corrected chi connectivity index (χ4v) is 3.91. The van der Waals surface area contributed by atoms with Crippen LogP contribution >= 0.6 is 23.4 Å². The monoisotopic (exact) mass is 406 g/mol. The van der Waals surface area contributed by atoms with Crippen LogP contribution in [0.3, 0.4) is 0 Å². The van der Waals surface area contributed by atoms with Crippen molar-refractivity contribution in [1.29, 1.82) is 0 Å². The maximum absolute atomic E-state index is 12.1. The van der Waals surface area contributed by atoms with Crippen molar-refractivity contribution in [2.75, 3.05) is 12.8 Å². The van der Waals surface area contributed by atoms with Crippen LogP contribution in [0.25, 0.3) is 10.9 Å². The molecule has 0 radical (unpaired) electrons. The van der Waals surface area contributed by atoms with E-state index in [0.29, 0.717) is 10.7 Å². The van der Waals surface area contributed by atoms with Crippen molar-refractivity contribution < 1.29 is 14.3 Å². The van der Waals surface area contributed by atoms with Gasteiger partial charge in [-0.25, -0.2) is 4.98 Å². The molecule has 1 aromatic carbocycles. The summed E-state index contributed by atoms with van der Waals surface area (Å²) in [7, 11) is 0. The Morgan fingerprint density at radius 3 is 2.78 bits per heavy atom. The first-order valence-corrected chi connectivity index (χ1v) is 10.7. The Bertz CT molecular complexity index is 837. The summed E-state index contributed by atoms with van der Waals surface area (Å²) in [6, 6.07) is 7.84. The van der Waals surface area contributed by atoms with E-state index in [2.05, 4.69) is 10.3 Å². The van der Waals surface area contributed by atoms with Crippen LogP contribution in [-0.2, 0) is 20.9 Å². The van der Waals surface area contributed by atoms with Gasteiger partial charge in [-0.3, -0.25) is 9.59 Å². The first-order valence-electron chi connectivity index (χ1n) is 9.13. The summed E-state index contributed by atoms with van der Waals surface area (Å²) < 4.78 is 5.26. The van der Waals surface area contributed by atoms with Gasteiger partial charge >= 0.3 is 5.97 Å². The predicted molar refractivity (Wildman–Crippen MR) is 108 cm³/mol. The minimum Gasteiger partial charge on any atom is -0.459 e. The van der Waals surface area contributed by atoms with Gasteiger partial charge in [0.2, 0.25) is 5.91 Å². The number of nitrogens with zero attached hydrogens (tertiary/aromatic N) is 1. The van der Waals surface area contributed by atoms with E-state index < -0.39 is 5.97 Å². The number of rotatable bonds is 6. The molecular formula is C20H23ClN2O3S. The number of fused-ring (bicyclic) bond motifs is 1. The Labute approximate surface area is 168 Å². The molecule has 1 aliphatic carbocycles. The molecule has 2 aromatic rings. The molecule has 3 rings (SSSR count). The largest absolute Gasteiger partial charge is 0.459 e. The fourth-order valence-electron chi connectivity index (χ4n) is 3.27. The van der Waals surface area contributed by atoms with Gasteiger partial charge in [0, 0.05) is 21.8 Å². The molecule has 144 valence electrons. The summed E-state index contributed by atoms with van der Waals surface area (Å²) in [6.07, 6.45) is 7.15. The minimum absolute atomic E-state index is 0.0249. The lowest BCUT2D eigenvalue weighted by molar-refractivity contribution is -0.145. The average Bonchev–Trinajstić information content (AvgIpc) is 2.70. The van der Waals surface area contributed by atoms with Gasteiger partial charge < -0.3 is 10.1 Å². The van der Waals surface area contributed by atoms with Gasteiger partial charge in [0.1, 0.15) is 18.3 Å². The van der Waals surface area contributed by atoms with E-state index in [1.54, 1.807) is 11.8 Å². The van der Waals surface area contributed by atoms with Crippen LogP contribution in [0.4, 0.5) is 0 Å². The molecule has 27 heavy (non-hydrogen) atoms. The number of carbonyl (C=O) groups is 2. The molecule has 0 unspecified atom stereocenters. The topological polar surface area (TPSA) is 68.3 Å². The SMILES string of the molecule is CSc1ccc2cc(COC(=O)CNC(=O)C3CCCCC3)c(Cl)nc2c1. The number of pyridine rings is 1. The molecule has 1 aromatic heterocycles. The van der Waals surface area contributed by atoms with Gasteiger partial charge in [-0.1, -0.05) is 36.9 Å². The van der Waals surface area contributed by atoms with Gasteiger partial charge in [-0.2, -0.15) is 0 Å². The third kappa shape index (κ3) is 5.36. The zero-order valence-electron chi connectivity index (χ0n) is 15.3. The van der Waals surface area contributed by atoms with Crippen molar-refractivity contribution in [3.05, 3.63) is 35.0 Å². The molecule has 1 heterocycles. The van der Waals surface area contributed by atoms with Crippen LogP contribution in [0, 0.1) is 5.92 Å². The molecule has 0 saturated heterocycles. The molecule has 0 bridgehead atoms. The lowest BCUT2D eigenvalue weighted by Gasteiger charge is -2.20. The molecule has 7 heteroatoms. The summed E-state index contributed by atoms with van der Waals surface area (Å²) in [5.41, 5.74) is 1.45. The molecule has 1 fully saturated rings. The highest BCUT2D eigenvalue weighted by Crippen LogP contribution is 2.25. The second kappa shape index (κ2) is 9.42. The average molecular weight is 407 g/mol. The normalized spacial score (nSPS) is 14.9. The van der Waals surface area contributed by atoms with E-state index in [1.165, 1.54) is 6.42 Å². The van der Waals surface area contributed by atoms with Crippen LogP contribution in [0.15, 0.2) is 29.2 Å². The second-order valence-corrected chi connectivity index (χ2v) is 7.95. The summed E-state index contributed by atoms with van der Waals surface area (Å²) in [5, 5.41) is 3.94. The molecule has 1 amide bonds. The number of aromatic nitrogens is 1. The van der Waals surface area contributed by atoms with Crippen LogP contribution in [0.1, 0.15) is 37.7 Å². The Morgan fingerprint density at radius 1 is 1.26 bits per heavy atom. The molecule has 1 N–H and O–H groups in total. The molecule has 1 aliphatic rings. The highest BCUT2D eigenvalue weighted by Gasteiger charge is 2.21. The van der Waals surface area contributed by atoms with Crippen molar-refractivity contribution in [3.63, 3.8) is 0 Å². The number of carbonyl (C=O) groups excluding carboxylic acids is 2. The van der Waals surface area contributed by atoms with E-state index in [9.17, 15) is 9.59 Å². The quantitative estimate of drug-likeness (QED) is 0.438. The number of hydrogen-bond donors (Lipinski definition) is 1. The lowest BCUT2D eigenvalue weighted by atomic mass is 9.89. The number of nitrogens with one attached hydrogen (secondary N) is 1. The van der Waals surface area contributed by atoms with Crippen LogP contribution in [0.5, 0.6) is 0 Å². The minimum atomic E-state index is -0.479. The van der Waals surface area contributed by atoms with Gasteiger partial charge in [0.05, 0.1) is 5.52 Å². The van der Waals surface area contributed by atoms with Gasteiger partial charge in [0.25, 0.3) is 0 Å². The maximum Gasteiger partial charge on any atom is 0.325 e. The molecule has 0 aliphatic heterocycles. The van der Waals surface area contributed by atoms with Gasteiger partial charge in [-0.15, -0.1) is 11.8 Å². The Hall–Kier alpha value is -1.79. The Balaban J connectivity index is 1.53. The first-order chi connectivity index (χ1) is 13.1. The third-order valence-corrected chi connectivity index (χ3v) is 5.88. The second-order valence-electron chi connectivity index (χ2n) is 6.71. The summed E-state index contributed by atoms with van der Waals surface area (Å²) in [6.45, 7) is -0.0881. The van der Waals surface area contributed by atoms with Gasteiger partial charge in [-0.05, 0) is 37.3 Å². The van der Waals surface area contributed by atoms with Crippen LogP contribution in [0.2, 0.25) is 5.15 Å². The molecule has 1 saturated carbocycles. The Morgan fingerprint density at radius 2 is 2.04 bits per heavy atom. The van der Waals surface area contributed by atoms with E-state index in [-0.39, 0.29) is 25.0 Å². The standard InChI is InChI=1S/C20H23ClN2O3S/c1-27-16-8-7-14-9-15(19(21)23-17(14)10-16)12-26-18(24)11-22-20(25)13-5-3-2-4-6-13/h7-10,13H,2-6,11-12H2,1H3,(H,22,25). The maximum atomic E-state index is 12.1. The highest BCUT2D eigenvalue weighted by molar-refractivity contribution is 7.98. The zero-order chi connectivity index (χ0) is 19.2. The third-order valence-electron chi connectivity index (χ3n) is 4.82. The summed E-state index contributed by atoms with van der Waals surface area (Å²) in [4.78, 5) is 29.5. The lowest BCUT2D eigenvalue weighted by Crippen LogP contribution is -2.36. The summed E-state index contributed by atoms with van der Waals surface area (Å²) in [5.74, 6) is -0.508. The smallest absolute Gasteiger partial charge is 0.325 e. The number of thioether (sulfide) groups is 1. The number of halogens is 1. The molecule has 5 nitrogen and oxygen atoms in total. The molecular weight excluding hydrogens is 384 g/mol. The van der Waals surface area contributed by atoms with E-state index >= 15 is 0 Å². The molecule has 0 spiro atoms. The van der Waals surface area contributed by atoms with Crippen molar-refractivity contribution in [1.82, 2.24) is 10.3 Å². The fraction of sp³-hybridized carbons (Fsp3) is 0.450. The number of ether oxygens (including phenoxy) is 1. The zero-order valence-corrected chi connectivity index (χ0v) is 16.9. The van der Waals surface area contributed by atoms with E-state index in [1.807, 2.05) is 30.5 Å². The van der Waals surface area contributed by atoms with E-state index in [0.717, 1.165) is 41.5 Å². The van der Waals surface area contributed by atoms with Gasteiger partial charge in [0.15, 0.2) is 0 Å². The number of benzene rings is 1. The first kappa shape index (κ1) is 20.0. The molecule has 0 atom stereocenters. The predicted octanol–water partition coefficient (Wildman–Crippen LogP) is 4.35. The number of amides is 1. The van der Waals surface area contributed by atoms with Crippen molar-refractivity contribution in [3.8, 4) is 0 Å². The Kier molecular flexibility index (Phi) is 6.96. The highest BCUT2D eigenvalue weighted by atomic mass is 35.5. The van der Waals surface area contributed by atoms with Crippen LogP contribution < -0.4 is 5.32 Å².